The van der Waals surface area contributed by atoms with E-state index < -0.39 is 19.1 Å². The second kappa shape index (κ2) is 5.96. The van der Waals surface area contributed by atoms with Crippen molar-refractivity contribution in [3.8, 4) is 0 Å². The molecular weight excluding hydrogens is 292 g/mol. The van der Waals surface area contributed by atoms with Crippen molar-refractivity contribution < 1.29 is 8.82 Å². The number of alkyl halides is 3. The molecule has 0 saturated heterocycles. The molecule has 0 heterocycles. The lowest BCUT2D eigenvalue weighted by Gasteiger charge is -2.46. The fraction of sp³-hybridized carbons (Fsp3) is 1.00. The molecule has 0 aliphatic carbocycles. The van der Waals surface area contributed by atoms with Gasteiger partial charge in [-0.15, -0.1) is 0 Å². The van der Waals surface area contributed by atoms with Gasteiger partial charge in [0, 0.05) is 0 Å². The first-order valence-corrected chi connectivity index (χ1v) is 9.81. The molecule has 0 spiro atoms. The predicted octanol–water partition coefficient (Wildman–Crippen LogP) is 4.63. The van der Waals surface area contributed by atoms with Gasteiger partial charge in [-0.3, -0.25) is 4.90 Å². The van der Waals surface area contributed by atoms with E-state index >= 15 is 0 Å². The number of nitrogens with zero attached hydrogens (tertiary/aromatic N) is 1. The second-order valence-corrected chi connectivity index (χ2v) is 12.2. The number of hydrogen-bond acceptors (Lipinski definition) is 2. The zero-order valence-corrected chi connectivity index (χ0v) is 15.2. The van der Waals surface area contributed by atoms with Crippen LogP contribution in [0.2, 0.25) is 18.1 Å². The standard InChI is InChI=1S/C12H26Cl2FNOSi/c1-9(2)11(3,4)18(7,8)17-10(16(5)6)12(13,14)15/h9-10H,1-8H3. The molecule has 0 aliphatic heterocycles. The van der Waals surface area contributed by atoms with Crippen molar-refractivity contribution in [2.24, 2.45) is 5.92 Å². The van der Waals surface area contributed by atoms with Crippen molar-refractivity contribution in [3.63, 3.8) is 0 Å². The van der Waals surface area contributed by atoms with Gasteiger partial charge in [0.05, 0.1) is 0 Å². The molecule has 1 unspecified atom stereocenters. The first-order valence-electron chi connectivity index (χ1n) is 6.14. The van der Waals surface area contributed by atoms with E-state index in [2.05, 4.69) is 40.8 Å². The maximum atomic E-state index is 13.8. The Kier molecular flexibility index (Phi) is 6.17. The maximum absolute atomic E-state index is 13.8. The molecule has 0 aromatic rings. The zero-order valence-electron chi connectivity index (χ0n) is 12.6. The lowest BCUT2D eigenvalue weighted by molar-refractivity contribution is -0.00325. The maximum Gasteiger partial charge on any atom is 0.296 e. The van der Waals surface area contributed by atoms with E-state index in [-0.39, 0.29) is 5.04 Å². The average Bonchev–Trinajstić information content (AvgIpc) is 2.11. The Morgan fingerprint density at radius 3 is 1.78 bits per heavy atom. The van der Waals surface area contributed by atoms with Gasteiger partial charge in [-0.1, -0.05) is 50.9 Å². The van der Waals surface area contributed by atoms with Crippen molar-refractivity contribution in [3.05, 3.63) is 0 Å². The van der Waals surface area contributed by atoms with Crippen LogP contribution in [-0.4, -0.2) is 38.1 Å². The summed E-state index contributed by atoms with van der Waals surface area (Å²) in [7, 11) is 1.23. The van der Waals surface area contributed by atoms with Gasteiger partial charge >= 0.3 is 0 Å². The molecule has 0 aromatic carbocycles. The molecule has 110 valence electrons. The minimum atomic E-state index is -2.42. The molecular formula is C12H26Cl2FNOSi. The van der Waals surface area contributed by atoms with Gasteiger partial charge in [-0.05, 0) is 38.1 Å². The first-order chi connectivity index (χ1) is 7.73. The van der Waals surface area contributed by atoms with Gasteiger partial charge in [0.1, 0.15) is 0 Å². The van der Waals surface area contributed by atoms with Crippen molar-refractivity contribution in [2.45, 2.75) is 56.6 Å². The minimum absolute atomic E-state index is 0.0136. The van der Waals surface area contributed by atoms with Gasteiger partial charge in [0.25, 0.3) is 4.59 Å². The fourth-order valence-corrected chi connectivity index (χ4v) is 4.85. The van der Waals surface area contributed by atoms with E-state index in [0.29, 0.717) is 5.92 Å². The second-order valence-electron chi connectivity index (χ2n) is 6.36. The van der Waals surface area contributed by atoms with Crippen LogP contribution in [0.1, 0.15) is 27.7 Å². The SMILES string of the molecule is CC(C)C(C)(C)[Si](C)(C)OC(N(C)C)C(F)(Cl)Cl. The first kappa shape index (κ1) is 18.6. The third-order valence-electron chi connectivity index (χ3n) is 4.15. The molecule has 6 heteroatoms. The third-order valence-corrected chi connectivity index (χ3v) is 9.02. The van der Waals surface area contributed by atoms with E-state index in [9.17, 15) is 4.39 Å². The molecule has 18 heavy (non-hydrogen) atoms. The lowest BCUT2D eigenvalue weighted by Crippen LogP contribution is -2.54. The summed E-state index contributed by atoms with van der Waals surface area (Å²) >= 11 is 11.2. The number of rotatable bonds is 6. The average molecular weight is 318 g/mol. The Morgan fingerprint density at radius 1 is 1.17 bits per heavy atom. The molecule has 0 aromatic heterocycles. The Hall–Kier alpha value is 0.647. The zero-order chi connectivity index (χ0) is 14.9. The molecule has 0 N–H and O–H groups in total. The smallest absolute Gasteiger partial charge is 0.296 e. The van der Waals surface area contributed by atoms with Gasteiger partial charge in [0.2, 0.25) is 0 Å². The Morgan fingerprint density at radius 2 is 1.56 bits per heavy atom. The van der Waals surface area contributed by atoms with Gasteiger partial charge < -0.3 is 4.43 Å². The summed E-state index contributed by atoms with van der Waals surface area (Å²) in [6.07, 6.45) is -0.958. The summed E-state index contributed by atoms with van der Waals surface area (Å²) in [4.78, 5) is 1.57. The molecule has 0 fully saturated rings. The molecule has 0 saturated carbocycles. The highest BCUT2D eigenvalue weighted by molar-refractivity contribution is 6.74. The lowest BCUT2D eigenvalue weighted by atomic mass is 9.99. The summed E-state index contributed by atoms with van der Waals surface area (Å²) in [6.45, 7) is 12.7. The van der Waals surface area contributed by atoms with Crippen molar-refractivity contribution in [2.75, 3.05) is 14.1 Å². The highest BCUT2D eigenvalue weighted by Gasteiger charge is 2.49. The van der Waals surface area contributed by atoms with Crippen LogP contribution in [0.4, 0.5) is 4.39 Å². The summed E-state index contributed by atoms with van der Waals surface area (Å²) in [6, 6.07) is 0. The van der Waals surface area contributed by atoms with E-state index in [4.69, 9.17) is 27.6 Å². The van der Waals surface area contributed by atoms with Gasteiger partial charge in [-0.2, -0.15) is 0 Å². The highest BCUT2D eigenvalue weighted by Crippen LogP contribution is 2.46. The number of hydrogen-bond donors (Lipinski definition) is 0. The highest BCUT2D eigenvalue weighted by atomic mass is 35.5. The predicted molar refractivity (Wildman–Crippen MR) is 80.5 cm³/mol. The Bertz CT molecular complexity index is 278. The van der Waals surface area contributed by atoms with Crippen LogP contribution >= 0.6 is 23.2 Å². The molecule has 2 nitrogen and oxygen atoms in total. The van der Waals surface area contributed by atoms with Crippen molar-refractivity contribution in [1.82, 2.24) is 4.90 Å². The van der Waals surface area contributed by atoms with Crippen LogP contribution in [-0.2, 0) is 4.43 Å². The topological polar surface area (TPSA) is 12.5 Å². The van der Waals surface area contributed by atoms with Crippen LogP contribution in [0.15, 0.2) is 0 Å². The van der Waals surface area contributed by atoms with Crippen molar-refractivity contribution in [1.29, 1.82) is 0 Å². The van der Waals surface area contributed by atoms with Crippen LogP contribution in [0, 0.1) is 5.92 Å². The van der Waals surface area contributed by atoms with E-state index in [1.54, 1.807) is 19.0 Å². The largest absolute Gasteiger partial charge is 0.397 e. The number of halogens is 3. The normalized spacial score (nSPS) is 16.5. The molecule has 1 atom stereocenters. The molecule has 0 rings (SSSR count). The van der Waals surface area contributed by atoms with E-state index in [0.717, 1.165) is 0 Å². The van der Waals surface area contributed by atoms with E-state index in [1.807, 2.05) is 0 Å². The molecule has 0 radical (unpaired) electrons. The quantitative estimate of drug-likeness (QED) is 0.402. The Labute approximate surface area is 122 Å². The van der Waals surface area contributed by atoms with Crippen LogP contribution < -0.4 is 0 Å². The monoisotopic (exact) mass is 317 g/mol. The fourth-order valence-electron chi connectivity index (χ4n) is 1.59. The molecule has 0 amide bonds. The summed E-state index contributed by atoms with van der Waals surface area (Å²) in [5, 5.41) is -0.0136. The van der Waals surface area contributed by atoms with Gasteiger partial charge in [0.15, 0.2) is 14.5 Å². The molecule has 0 aliphatic rings. The molecule has 0 bridgehead atoms. The minimum Gasteiger partial charge on any atom is -0.397 e. The van der Waals surface area contributed by atoms with E-state index in [1.165, 1.54) is 0 Å². The summed E-state index contributed by atoms with van der Waals surface area (Å²) < 4.78 is 17.4. The summed E-state index contributed by atoms with van der Waals surface area (Å²) in [5.74, 6) is 0.432. The Balaban J connectivity index is 5.16. The summed E-state index contributed by atoms with van der Waals surface area (Å²) in [5.41, 5.74) is 0. The van der Waals surface area contributed by atoms with Crippen LogP contribution in [0.5, 0.6) is 0 Å². The third kappa shape index (κ3) is 4.34. The van der Waals surface area contributed by atoms with Crippen LogP contribution in [0.25, 0.3) is 0 Å². The van der Waals surface area contributed by atoms with Crippen LogP contribution in [0.3, 0.4) is 0 Å². The van der Waals surface area contributed by atoms with Crippen molar-refractivity contribution >= 4 is 31.5 Å². The van der Waals surface area contributed by atoms with Gasteiger partial charge in [-0.25, -0.2) is 4.39 Å².